The van der Waals surface area contributed by atoms with Crippen molar-refractivity contribution in [1.82, 2.24) is 9.97 Å². The molecule has 0 atom stereocenters. The van der Waals surface area contributed by atoms with Gasteiger partial charge in [-0.25, -0.2) is 9.97 Å². The predicted octanol–water partition coefficient (Wildman–Crippen LogP) is 2.95. The lowest BCUT2D eigenvalue weighted by atomic mass is 9.88. The van der Waals surface area contributed by atoms with E-state index in [0.717, 1.165) is 12.5 Å². The van der Waals surface area contributed by atoms with Crippen molar-refractivity contribution < 1.29 is 0 Å². The van der Waals surface area contributed by atoms with Crippen LogP contribution in [0.2, 0.25) is 0 Å². The normalized spacial score (nSPS) is 19.3. The Morgan fingerprint density at radius 1 is 1.25 bits per heavy atom. The Hall–Kier alpha value is -0.770. The summed E-state index contributed by atoms with van der Waals surface area (Å²) in [6.45, 7) is 0.984. The molecule has 0 spiro atoms. The summed E-state index contributed by atoms with van der Waals surface area (Å²) in [7, 11) is 0. The van der Waals surface area contributed by atoms with Crippen LogP contribution in [0.5, 0.6) is 0 Å². The summed E-state index contributed by atoms with van der Waals surface area (Å²) in [6.07, 6.45) is 12.5. The van der Waals surface area contributed by atoms with Crippen molar-refractivity contribution in [2.24, 2.45) is 0 Å². The molecular weight excluding hydrogens is 218 g/mol. The number of aromatic nitrogens is 2. The summed E-state index contributed by atoms with van der Waals surface area (Å²) in [5, 5.41) is 3.36. The summed E-state index contributed by atoms with van der Waals surface area (Å²) in [4.78, 5) is 8.39. The lowest BCUT2D eigenvalue weighted by Crippen LogP contribution is -2.35. The van der Waals surface area contributed by atoms with Gasteiger partial charge in [-0.2, -0.15) is 11.8 Å². The molecule has 0 radical (unpaired) electrons. The van der Waals surface area contributed by atoms with Crippen molar-refractivity contribution in [3.8, 4) is 0 Å². The van der Waals surface area contributed by atoms with Crippen LogP contribution >= 0.6 is 11.8 Å². The Balaban J connectivity index is 1.92. The van der Waals surface area contributed by atoms with E-state index in [-0.39, 0.29) is 0 Å². The van der Waals surface area contributed by atoms with Gasteiger partial charge in [-0.05, 0) is 25.2 Å². The van der Waals surface area contributed by atoms with Crippen molar-refractivity contribution in [2.45, 2.75) is 36.9 Å². The standard InChI is InChI=1S/C12H19N3S/c1-16-12(6-3-2-4-7-12)10-15-11-13-8-5-9-14-11/h5,8-9H,2-4,6-7,10H2,1H3,(H,13,14,15). The molecule has 4 heteroatoms. The monoisotopic (exact) mass is 237 g/mol. The first-order valence-electron chi connectivity index (χ1n) is 5.91. The van der Waals surface area contributed by atoms with Gasteiger partial charge in [-0.3, -0.25) is 0 Å². The minimum Gasteiger partial charge on any atom is -0.353 e. The first-order valence-corrected chi connectivity index (χ1v) is 7.13. The third-order valence-corrected chi connectivity index (χ3v) is 4.75. The van der Waals surface area contributed by atoms with Crippen molar-refractivity contribution >= 4 is 17.7 Å². The molecular formula is C12H19N3S. The van der Waals surface area contributed by atoms with Crippen molar-refractivity contribution in [3.63, 3.8) is 0 Å². The Morgan fingerprint density at radius 2 is 1.94 bits per heavy atom. The van der Waals surface area contributed by atoms with Gasteiger partial charge in [-0.15, -0.1) is 0 Å². The van der Waals surface area contributed by atoms with Crippen LogP contribution < -0.4 is 5.32 Å². The van der Waals surface area contributed by atoms with Gasteiger partial charge in [0.15, 0.2) is 0 Å². The maximum Gasteiger partial charge on any atom is 0.222 e. The van der Waals surface area contributed by atoms with Crippen LogP contribution in [0, 0.1) is 0 Å². The second kappa shape index (κ2) is 5.53. The fourth-order valence-corrected chi connectivity index (χ4v) is 3.19. The zero-order valence-corrected chi connectivity index (χ0v) is 10.6. The van der Waals surface area contributed by atoms with Crippen LogP contribution in [-0.2, 0) is 0 Å². The highest BCUT2D eigenvalue weighted by Gasteiger charge is 2.30. The molecule has 0 saturated heterocycles. The highest BCUT2D eigenvalue weighted by Crippen LogP contribution is 2.38. The maximum atomic E-state index is 4.20. The first kappa shape index (κ1) is 11.7. The summed E-state index contributed by atoms with van der Waals surface area (Å²) < 4.78 is 0.400. The second-order valence-electron chi connectivity index (χ2n) is 4.37. The fraction of sp³-hybridized carbons (Fsp3) is 0.667. The molecule has 0 aliphatic heterocycles. The lowest BCUT2D eigenvalue weighted by Gasteiger charge is -2.35. The van der Waals surface area contributed by atoms with Crippen LogP contribution in [0.25, 0.3) is 0 Å². The van der Waals surface area contributed by atoms with Crippen molar-refractivity contribution in [2.75, 3.05) is 18.1 Å². The molecule has 16 heavy (non-hydrogen) atoms. The third kappa shape index (κ3) is 2.88. The molecule has 1 aliphatic carbocycles. The van der Waals surface area contributed by atoms with Crippen LogP contribution in [-0.4, -0.2) is 27.5 Å². The average Bonchev–Trinajstić information content (AvgIpc) is 2.39. The highest BCUT2D eigenvalue weighted by molar-refractivity contribution is 8.00. The second-order valence-corrected chi connectivity index (χ2v) is 5.65. The minimum atomic E-state index is 0.400. The quantitative estimate of drug-likeness (QED) is 0.873. The summed E-state index contributed by atoms with van der Waals surface area (Å²) in [6, 6.07) is 1.84. The molecule has 0 aromatic carbocycles. The van der Waals surface area contributed by atoms with E-state index in [9.17, 15) is 0 Å². The summed E-state index contributed by atoms with van der Waals surface area (Å²) >= 11 is 1.99. The van der Waals surface area contributed by atoms with Gasteiger partial charge < -0.3 is 5.32 Å². The third-order valence-electron chi connectivity index (χ3n) is 3.33. The maximum absolute atomic E-state index is 4.20. The van der Waals surface area contributed by atoms with Crippen LogP contribution in [0.15, 0.2) is 18.5 Å². The Morgan fingerprint density at radius 3 is 2.56 bits per heavy atom. The van der Waals surface area contributed by atoms with E-state index in [0.29, 0.717) is 4.75 Å². The van der Waals surface area contributed by atoms with Gasteiger partial charge in [-0.1, -0.05) is 19.3 Å². The number of nitrogens with zero attached hydrogens (tertiary/aromatic N) is 2. The topological polar surface area (TPSA) is 37.8 Å². The Labute approximate surface area is 101 Å². The van der Waals surface area contributed by atoms with Crippen LogP contribution in [0.1, 0.15) is 32.1 Å². The van der Waals surface area contributed by atoms with E-state index in [1.165, 1.54) is 32.1 Å². The number of hydrogen-bond acceptors (Lipinski definition) is 4. The molecule has 1 fully saturated rings. The van der Waals surface area contributed by atoms with Gasteiger partial charge in [0.1, 0.15) is 0 Å². The number of rotatable bonds is 4. The number of nitrogens with one attached hydrogen (secondary N) is 1. The van der Waals surface area contributed by atoms with Gasteiger partial charge in [0.05, 0.1) is 0 Å². The molecule has 1 aromatic heterocycles. The lowest BCUT2D eigenvalue weighted by molar-refractivity contribution is 0.411. The van der Waals surface area contributed by atoms with Crippen molar-refractivity contribution in [1.29, 1.82) is 0 Å². The fourth-order valence-electron chi connectivity index (χ4n) is 2.28. The molecule has 88 valence electrons. The molecule has 0 amide bonds. The zero-order valence-electron chi connectivity index (χ0n) is 9.78. The predicted molar refractivity (Wildman–Crippen MR) is 69.9 cm³/mol. The largest absolute Gasteiger partial charge is 0.353 e. The molecule has 1 aromatic rings. The minimum absolute atomic E-state index is 0.400. The Kier molecular flexibility index (Phi) is 4.04. The van der Waals surface area contributed by atoms with Gasteiger partial charge >= 0.3 is 0 Å². The number of anilines is 1. The number of thioether (sulfide) groups is 1. The molecule has 0 unspecified atom stereocenters. The molecule has 3 nitrogen and oxygen atoms in total. The van der Waals surface area contributed by atoms with E-state index in [1.54, 1.807) is 12.4 Å². The number of hydrogen-bond donors (Lipinski definition) is 1. The van der Waals surface area contributed by atoms with E-state index in [1.807, 2.05) is 17.8 Å². The van der Waals surface area contributed by atoms with E-state index in [4.69, 9.17) is 0 Å². The zero-order chi connectivity index (χ0) is 11.3. The van der Waals surface area contributed by atoms with E-state index >= 15 is 0 Å². The van der Waals surface area contributed by atoms with E-state index in [2.05, 4.69) is 21.5 Å². The summed E-state index contributed by atoms with van der Waals surface area (Å²) in [5.41, 5.74) is 0. The van der Waals surface area contributed by atoms with Crippen LogP contribution in [0.3, 0.4) is 0 Å². The molecule has 2 rings (SSSR count). The SMILES string of the molecule is CSC1(CNc2ncccn2)CCCCC1. The molecule has 1 N–H and O–H groups in total. The average molecular weight is 237 g/mol. The molecule has 1 heterocycles. The molecule has 1 aliphatic rings. The summed E-state index contributed by atoms with van der Waals surface area (Å²) in [5.74, 6) is 0.751. The van der Waals surface area contributed by atoms with Gasteiger partial charge in [0.2, 0.25) is 5.95 Å². The highest BCUT2D eigenvalue weighted by atomic mass is 32.2. The Bertz CT molecular complexity index is 309. The van der Waals surface area contributed by atoms with Crippen molar-refractivity contribution in [3.05, 3.63) is 18.5 Å². The molecule has 1 saturated carbocycles. The smallest absolute Gasteiger partial charge is 0.222 e. The van der Waals surface area contributed by atoms with Gasteiger partial charge in [0, 0.05) is 23.7 Å². The van der Waals surface area contributed by atoms with Crippen LogP contribution in [0.4, 0.5) is 5.95 Å². The van der Waals surface area contributed by atoms with Gasteiger partial charge in [0.25, 0.3) is 0 Å². The molecule has 0 bridgehead atoms. The first-order chi connectivity index (χ1) is 7.85. The van der Waals surface area contributed by atoms with E-state index < -0.39 is 0 Å².